The summed E-state index contributed by atoms with van der Waals surface area (Å²) in [6.45, 7) is 4.04. The predicted molar refractivity (Wildman–Crippen MR) is 72.2 cm³/mol. The lowest BCUT2D eigenvalue weighted by Gasteiger charge is -2.31. The maximum atomic E-state index is 6.07. The molecule has 0 aliphatic heterocycles. The SMILES string of the molecule is Cc1nn(C)cc1C(CN)N(CC1CC1)C1CC1. The molecule has 18 heavy (non-hydrogen) atoms. The van der Waals surface area contributed by atoms with E-state index in [2.05, 4.69) is 23.1 Å². The van der Waals surface area contributed by atoms with Gasteiger partial charge in [0.2, 0.25) is 0 Å². The van der Waals surface area contributed by atoms with Crippen molar-refractivity contribution in [3.63, 3.8) is 0 Å². The largest absolute Gasteiger partial charge is 0.329 e. The van der Waals surface area contributed by atoms with Crippen LogP contribution in [0.25, 0.3) is 0 Å². The van der Waals surface area contributed by atoms with Crippen molar-refractivity contribution >= 4 is 0 Å². The quantitative estimate of drug-likeness (QED) is 0.832. The number of nitrogens with zero attached hydrogens (tertiary/aromatic N) is 3. The van der Waals surface area contributed by atoms with Crippen LogP contribution in [0.2, 0.25) is 0 Å². The molecular weight excluding hydrogens is 224 g/mol. The molecule has 1 unspecified atom stereocenters. The zero-order chi connectivity index (χ0) is 12.7. The van der Waals surface area contributed by atoms with E-state index in [4.69, 9.17) is 5.73 Å². The lowest BCUT2D eigenvalue weighted by Crippen LogP contribution is -2.37. The Morgan fingerprint density at radius 1 is 1.44 bits per heavy atom. The normalized spacial score (nSPS) is 21.6. The van der Waals surface area contributed by atoms with Crippen molar-refractivity contribution in [2.75, 3.05) is 13.1 Å². The summed E-state index contributed by atoms with van der Waals surface area (Å²) >= 11 is 0. The summed E-state index contributed by atoms with van der Waals surface area (Å²) in [4.78, 5) is 2.65. The van der Waals surface area contributed by atoms with Crippen LogP contribution < -0.4 is 5.73 Å². The number of rotatable bonds is 6. The molecule has 4 heteroatoms. The van der Waals surface area contributed by atoms with Crippen molar-refractivity contribution < 1.29 is 0 Å². The fourth-order valence-corrected chi connectivity index (χ4v) is 2.92. The molecule has 0 radical (unpaired) electrons. The molecule has 1 heterocycles. The Hall–Kier alpha value is -0.870. The number of aryl methyl sites for hydroxylation is 2. The first kappa shape index (κ1) is 12.2. The fourth-order valence-electron chi connectivity index (χ4n) is 2.92. The molecule has 100 valence electrons. The summed E-state index contributed by atoms with van der Waals surface area (Å²) in [6.07, 6.45) is 7.67. The van der Waals surface area contributed by atoms with Crippen LogP contribution in [-0.4, -0.2) is 33.8 Å². The summed E-state index contributed by atoms with van der Waals surface area (Å²) in [6, 6.07) is 1.14. The summed E-state index contributed by atoms with van der Waals surface area (Å²) in [5.74, 6) is 0.927. The average molecular weight is 248 g/mol. The maximum absolute atomic E-state index is 6.07. The number of hydrogen-bond acceptors (Lipinski definition) is 3. The van der Waals surface area contributed by atoms with E-state index >= 15 is 0 Å². The third-order valence-corrected chi connectivity index (χ3v) is 4.22. The minimum atomic E-state index is 0.367. The van der Waals surface area contributed by atoms with Gasteiger partial charge in [-0.2, -0.15) is 5.10 Å². The van der Waals surface area contributed by atoms with E-state index in [9.17, 15) is 0 Å². The molecule has 2 saturated carbocycles. The number of nitrogens with two attached hydrogens (primary N) is 1. The fraction of sp³-hybridized carbons (Fsp3) is 0.786. The Kier molecular flexibility index (Phi) is 3.16. The summed E-state index contributed by atoms with van der Waals surface area (Å²) in [5.41, 5.74) is 8.53. The Morgan fingerprint density at radius 3 is 2.61 bits per heavy atom. The van der Waals surface area contributed by atoms with Crippen LogP contribution >= 0.6 is 0 Å². The van der Waals surface area contributed by atoms with Gasteiger partial charge in [0.1, 0.15) is 0 Å². The highest BCUT2D eigenvalue weighted by Gasteiger charge is 2.38. The molecule has 4 nitrogen and oxygen atoms in total. The molecule has 0 bridgehead atoms. The second-order valence-electron chi connectivity index (χ2n) is 5.97. The Balaban J connectivity index is 1.81. The van der Waals surface area contributed by atoms with Gasteiger partial charge in [0.15, 0.2) is 0 Å². The summed E-state index contributed by atoms with van der Waals surface area (Å²) in [7, 11) is 1.99. The van der Waals surface area contributed by atoms with Crippen LogP contribution in [0.5, 0.6) is 0 Å². The molecule has 2 fully saturated rings. The van der Waals surface area contributed by atoms with Crippen LogP contribution in [0.1, 0.15) is 43.0 Å². The second-order valence-corrected chi connectivity index (χ2v) is 5.97. The van der Waals surface area contributed by atoms with Crippen LogP contribution in [0.3, 0.4) is 0 Å². The summed E-state index contributed by atoms with van der Waals surface area (Å²) < 4.78 is 1.91. The minimum absolute atomic E-state index is 0.367. The van der Waals surface area contributed by atoms with Gasteiger partial charge >= 0.3 is 0 Å². The third-order valence-electron chi connectivity index (χ3n) is 4.22. The molecular formula is C14H24N4. The Bertz CT molecular complexity index is 417. The zero-order valence-electron chi connectivity index (χ0n) is 11.5. The monoisotopic (exact) mass is 248 g/mol. The second kappa shape index (κ2) is 4.67. The van der Waals surface area contributed by atoms with Crippen molar-refractivity contribution in [2.45, 2.75) is 44.7 Å². The minimum Gasteiger partial charge on any atom is -0.329 e. The Morgan fingerprint density at radius 2 is 2.17 bits per heavy atom. The lowest BCUT2D eigenvalue weighted by molar-refractivity contribution is 0.182. The summed E-state index contributed by atoms with van der Waals surface area (Å²) in [5, 5.41) is 4.47. The molecule has 3 rings (SSSR count). The van der Waals surface area contributed by atoms with Crippen LogP contribution in [-0.2, 0) is 7.05 Å². The Labute approximate surface area is 109 Å². The standard InChI is InChI=1S/C14H24N4/c1-10-13(9-17(2)16-10)14(7-15)18(12-5-6-12)8-11-3-4-11/h9,11-12,14H,3-8,15H2,1-2H3. The van der Waals surface area contributed by atoms with Gasteiger partial charge in [-0.25, -0.2) is 0 Å². The van der Waals surface area contributed by atoms with E-state index in [-0.39, 0.29) is 0 Å². The molecule has 2 aliphatic rings. The molecule has 1 aromatic heterocycles. The van der Waals surface area contributed by atoms with E-state index in [1.165, 1.54) is 37.8 Å². The maximum Gasteiger partial charge on any atom is 0.0641 e. The van der Waals surface area contributed by atoms with Crippen molar-refractivity contribution in [3.8, 4) is 0 Å². The topological polar surface area (TPSA) is 47.1 Å². The van der Waals surface area contributed by atoms with Gasteiger partial charge in [0.25, 0.3) is 0 Å². The highest BCUT2D eigenvalue weighted by Crippen LogP contribution is 2.39. The van der Waals surface area contributed by atoms with Gasteiger partial charge in [-0.1, -0.05) is 0 Å². The highest BCUT2D eigenvalue weighted by molar-refractivity contribution is 5.21. The van der Waals surface area contributed by atoms with E-state index in [1.54, 1.807) is 0 Å². The van der Waals surface area contributed by atoms with E-state index in [1.807, 2.05) is 11.7 Å². The molecule has 1 aromatic rings. The molecule has 1 atom stereocenters. The van der Waals surface area contributed by atoms with Crippen molar-refractivity contribution in [1.29, 1.82) is 0 Å². The van der Waals surface area contributed by atoms with Gasteiger partial charge in [-0.05, 0) is 38.5 Å². The van der Waals surface area contributed by atoms with E-state index in [0.717, 1.165) is 17.7 Å². The molecule has 2 aliphatic carbocycles. The highest BCUT2D eigenvalue weighted by atomic mass is 15.3. The third kappa shape index (κ3) is 2.45. The first-order valence-electron chi connectivity index (χ1n) is 7.15. The van der Waals surface area contributed by atoms with Crippen LogP contribution in [0, 0.1) is 12.8 Å². The van der Waals surface area contributed by atoms with Crippen LogP contribution in [0.15, 0.2) is 6.20 Å². The molecule has 2 N–H and O–H groups in total. The van der Waals surface area contributed by atoms with Gasteiger partial charge in [0, 0.05) is 37.9 Å². The van der Waals surface area contributed by atoms with Crippen molar-refractivity contribution in [2.24, 2.45) is 18.7 Å². The van der Waals surface area contributed by atoms with Crippen LogP contribution in [0.4, 0.5) is 0 Å². The lowest BCUT2D eigenvalue weighted by atomic mass is 10.1. The number of aromatic nitrogens is 2. The van der Waals surface area contributed by atoms with Gasteiger partial charge < -0.3 is 5.73 Å². The molecule has 0 saturated heterocycles. The smallest absolute Gasteiger partial charge is 0.0641 e. The zero-order valence-corrected chi connectivity index (χ0v) is 11.5. The molecule has 0 spiro atoms. The van der Waals surface area contributed by atoms with Gasteiger partial charge in [0.05, 0.1) is 11.7 Å². The molecule has 0 amide bonds. The molecule has 0 aromatic carbocycles. The number of hydrogen-bond donors (Lipinski definition) is 1. The first-order chi connectivity index (χ1) is 8.69. The van der Waals surface area contributed by atoms with E-state index < -0.39 is 0 Å². The predicted octanol–water partition coefficient (Wildman–Crippen LogP) is 1.60. The van der Waals surface area contributed by atoms with Crippen molar-refractivity contribution in [1.82, 2.24) is 14.7 Å². The first-order valence-corrected chi connectivity index (χ1v) is 7.15. The van der Waals surface area contributed by atoms with Gasteiger partial charge in [-0.15, -0.1) is 0 Å². The van der Waals surface area contributed by atoms with E-state index in [0.29, 0.717) is 12.6 Å². The van der Waals surface area contributed by atoms with Crippen molar-refractivity contribution in [3.05, 3.63) is 17.5 Å². The van der Waals surface area contributed by atoms with Gasteiger partial charge in [-0.3, -0.25) is 9.58 Å². The average Bonchev–Trinajstić information content (AvgIpc) is 3.21.